The second kappa shape index (κ2) is 6.97. The van der Waals surface area contributed by atoms with Crippen molar-refractivity contribution in [2.24, 2.45) is 5.92 Å². The highest BCUT2D eigenvalue weighted by Gasteiger charge is 2.33. The Morgan fingerprint density at radius 1 is 1.60 bits per heavy atom. The normalized spacial score (nSPS) is 16.8. The monoisotopic (exact) mass is 285 g/mol. The van der Waals surface area contributed by atoms with Crippen LogP contribution in [0.2, 0.25) is 0 Å². The third-order valence-corrected chi connectivity index (χ3v) is 2.73. The van der Waals surface area contributed by atoms with Crippen LogP contribution in [0.15, 0.2) is 35.4 Å². The van der Waals surface area contributed by atoms with Crippen molar-refractivity contribution in [3.8, 4) is 0 Å². The van der Waals surface area contributed by atoms with Crippen molar-refractivity contribution in [3.63, 3.8) is 0 Å². The Morgan fingerprint density at radius 2 is 2.25 bits per heavy atom. The van der Waals surface area contributed by atoms with Gasteiger partial charge in [0.25, 0.3) is 0 Å². The van der Waals surface area contributed by atoms with E-state index in [0.717, 1.165) is 6.20 Å². The minimum Gasteiger partial charge on any atom is -0.396 e. The molecule has 1 aromatic rings. The van der Waals surface area contributed by atoms with Gasteiger partial charge >= 0.3 is 5.69 Å². The van der Waals surface area contributed by atoms with Crippen LogP contribution in [0, 0.1) is 5.92 Å². The Bertz CT molecular complexity index is 556. The maximum Gasteiger partial charge on any atom is 0.351 e. The summed E-state index contributed by atoms with van der Waals surface area (Å²) in [5, 5.41) is 28.5. The molecule has 20 heavy (non-hydrogen) atoms. The quantitative estimate of drug-likeness (QED) is 0.496. The largest absolute Gasteiger partial charge is 0.396 e. The van der Waals surface area contributed by atoms with Gasteiger partial charge in [-0.2, -0.15) is 4.98 Å². The molecule has 0 saturated heterocycles. The fourth-order valence-electron chi connectivity index (χ4n) is 1.60. The second-order valence-corrected chi connectivity index (χ2v) is 4.11. The van der Waals surface area contributed by atoms with E-state index < -0.39 is 36.7 Å². The summed E-state index contributed by atoms with van der Waals surface area (Å²) in [5.74, 6) is -1.08. The summed E-state index contributed by atoms with van der Waals surface area (Å²) >= 11 is 0. The average Bonchev–Trinajstić information content (AvgIpc) is 2.42. The zero-order valence-corrected chi connectivity index (χ0v) is 10.6. The first-order valence-corrected chi connectivity index (χ1v) is 5.74. The van der Waals surface area contributed by atoms with Crippen LogP contribution in [0.4, 0.5) is 10.2 Å². The third-order valence-electron chi connectivity index (χ3n) is 2.73. The maximum absolute atomic E-state index is 14.0. The van der Waals surface area contributed by atoms with Gasteiger partial charge in [-0.15, -0.1) is 5.73 Å². The van der Waals surface area contributed by atoms with Crippen LogP contribution < -0.4 is 11.4 Å². The lowest BCUT2D eigenvalue weighted by atomic mass is 9.98. The van der Waals surface area contributed by atoms with E-state index in [2.05, 4.69) is 17.3 Å². The van der Waals surface area contributed by atoms with Crippen LogP contribution in [0.25, 0.3) is 0 Å². The Morgan fingerprint density at radius 3 is 2.75 bits per heavy atom. The SMILES string of the molecule is C=C=C[C@@H](CO)[C@@H](O)[C@H](F)[C@@H](O)n1ccc(N)nc1=O. The molecule has 0 bridgehead atoms. The van der Waals surface area contributed by atoms with Crippen LogP contribution in [-0.4, -0.2) is 43.8 Å². The van der Waals surface area contributed by atoms with Crippen LogP contribution >= 0.6 is 0 Å². The molecular weight excluding hydrogens is 269 g/mol. The molecule has 0 aromatic carbocycles. The summed E-state index contributed by atoms with van der Waals surface area (Å²) in [4.78, 5) is 14.8. The number of hydrogen-bond donors (Lipinski definition) is 4. The number of hydrogen-bond acceptors (Lipinski definition) is 6. The van der Waals surface area contributed by atoms with E-state index in [9.17, 15) is 19.4 Å². The number of aliphatic hydroxyl groups is 3. The standard InChI is InChI=1S/C12H16FN3O4/c1-2-3-7(6-17)10(18)9(13)11(19)16-5-4-8(14)15-12(16)20/h3-5,7,9-11,17-19H,1,6H2,(H2,14,15,20)/t7-,9-,10+,11+/m0/s1. The van der Waals surface area contributed by atoms with E-state index in [1.54, 1.807) is 0 Å². The Balaban J connectivity index is 2.98. The Labute approximate surface area is 114 Å². The fraction of sp³-hybridized carbons (Fsp3) is 0.417. The minimum absolute atomic E-state index is 0.0720. The molecule has 0 aliphatic rings. The van der Waals surface area contributed by atoms with Gasteiger partial charge in [-0.25, -0.2) is 9.18 Å². The zero-order valence-electron chi connectivity index (χ0n) is 10.6. The van der Waals surface area contributed by atoms with Crippen molar-refractivity contribution < 1.29 is 19.7 Å². The van der Waals surface area contributed by atoms with Crippen molar-refractivity contribution in [2.45, 2.75) is 18.5 Å². The topological polar surface area (TPSA) is 122 Å². The molecule has 8 heteroatoms. The van der Waals surface area contributed by atoms with Gasteiger partial charge < -0.3 is 21.1 Å². The number of rotatable bonds is 6. The third kappa shape index (κ3) is 3.52. The van der Waals surface area contributed by atoms with E-state index in [1.165, 1.54) is 12.1 Å². The fourth-order valence-corrected chi connectivity index (χ4v) is 1.60. The molecule has 110 valence electrons. The van der Waals surface area contributed by atoms with Crippen molar-refractivity contribution in [1.82, 2.24) is 9.55 Å². The predicted molar refractivity (Wildman–Crippen MR) is 69.4 cm³/mol. The molecule has 0 amide bonds. The molecular formula is C12H16FN3O4. The predicted octanol–water partition coefficient (Wildman–Crippen LogP) is -1.04. The molecule has 1 rings (SSSR count). The van der Waals surface area contributed by atoms with E-state index >= 15 is 0 Å². The number of alkyl halides is 1. The van der Waals surface area contributed by atoms with Crippen LogP contribution in [0.5, 0.6) is 0 Å². The number of anilines is 1. The first-order valence-electron chi connectivity index (χ1n) is 5.74. The van der Waals surface area contributed by atoms with Crippen molar-refractivity contribution in [2.75, 3.05) is 12.3 Å². The van der Waals surface area contributed by atoms with E-state index in [4.69, 9.17) is 10.8 Å². The molecule has 1 heterocycles. The van der Waals surface area contributed by atoms with E-state index in [1.807, 2.05) is 0 Å². The molecule has 0 spiro atoms. The number of nitrogen functional groups attached to an aromatic ring is 1. The summed E-state index contributed by atoms with van der Waals surface area (Å²) in [5.41, 5.74) is 6.63. The zero-order chi connectivity index (χ0) is 15.3. The first kappa shape index (κ1) is 16.1. The van der Waals surface area contributed by atoms with Gasteiger partial charge in [0.05, 0.1) is 12.7 Å². The molecule has 0 fully saturated rings. The van der Waals surface area contributed by atoms with Gasteiger partial charge in [-0.3, -0.25) is 4.57 Å². The molecule has 7 nitrogen and oxygen atoms in total. The van der Waals surface area contributed by atoms with Gasteiger partial charge in [0.15, 0.2) is 12.4 Å². The van der Waals surface area contributed by atoms with Crippen molar-refractivity contribution in [1.29, 1.82) is 0 Å². The van der Waals surface area contributed by atoms with E-state index in [-0.39, 0.29) is 5.82 Å². The molecule has 5 N–H and O–H groups in total. The van der Waals surface area contributed by atoms with Gasteiger partial charge in [-0.05, 0) is 12.1 Å². The van der Waals surface area contributed by atoms with Crippen LogP contribution in [0.1, 0.15) is 6.23 Å². The molecule has 0 unspecified atom stereocenters. The lowest BCUT2D eigenvalue weighted by molar-refractivity contribution is -0.0692. The highest BCUT2D eigenvalue weighted by atomic mass is 19.1. The molecule has 0 aliphatic heterocycles. The van der Waals surface area contributed by atoms with Gasteiger partial charge in [-0.1, -0.05) is 6.58 Å². The maximum atomic E-state index is 14.0. The summed E-state index contributed by atoms with van der Waals surface area (Å²) < 4.78 is 14.6. The lowest BCUT2D eigenvalue weighted by Crippen LogP contribution is -2.41. The van der Waals surface area contributed by atoms with E-state index in [0.29, 0.717) is 4.57 Å². The smallest absolute Gasteiger partial charge is 0.351 e. The Kier molecular flexibility index (Phi) is 5.60. The summed E-state index contributed by atoms with van der Waals surface area (Å²) in [6, 6.07) is 1.21. The molecule has 0 radical (unpaired) electrons. The van der Waals surface area contributed by atoms with Gasteiger partial charge in [0.2, 0.25) is 0 Å². The van der Waals surface area contributed by atoms with Gasteiger partial charge in [0, 0.05) is 12.1 Å². The number of nitrogens with zero attached hydrogens (tertiary/aromatic N) is 2. The molecule has 0 aliphatic carbocycles. The minimum atomic E-state index is -2.22. The van der Waals surface area contributed by atoms with Crippen LogP contribution in [0.3, 0.4) is 0 Å². The first-order chi connectivity index (χ1) is 9.42. The molecule has 4 atom stereocenters. The van der Waals surface area contributed by atoms with Crippen LogP contribution in [-0.2, 0) is 0 Å². The second-order valence-electron chi connectivity index (χ2n) is 4.11. The van der Waals surface area contributed by atoms with Crippen molar-refractivity contribution >= 4 is 5.82 Å². The summed E-state index contributed by atoms with van der Waals surface area (Å²) in [6.45, 7) is 2.69. The number of aliphatic hydroxyl groups excluding tert-OH is 3. The summed E-state index contributed by atoms with van der Waals surface area (Å²) in [6.07, 6.45) is -3.69. The highest BCUT2D eigenvalue weighted by molar-refractivity contribution is 5.23. The Hall–Kier alpha value is -1.99. The molecule has 1 aromatic heterocycles. The summed E-state index contributed by atoms with van der Waals surface area (Å²) in [7, 11) is 0. The highest BCUT2D eigenvalue weighted by Crippen LogP contribution is 2.20. The number of halogens is 1. The lowest BCUT2D eigenvalue weighted by Gasteiger charge is -2.25. The van der Waals surface area contributed by atoms with Crippen molar-refractivity contribution in [3.05, 3.63) is 41.1 Å². The average molecular weight is 285 g/mol. The van der Waals surface area contributed by atoms with Gasteiger partial charge in [0.1, 0.15) is 5.82 Å². The molecule has 0 saturated carbocycles. The number of aromatic nitrogens is 2. The number of nitrogens with two attached hydrogens (primary N) is 1.